The van der Waals surface area contributed by atoms with Crippen LogP contribution in [0, 0.1) is 0 Å². The van der Waals surface area contributed by atoms with E-state index >= 15 is 0 Å². The van der Waals surface area contributed by atoms with Crippen molar-refractivity contribution in [1.29, 1.82) is 0 Å². The van der Waals surface area contributed by atoms with Gasteiger partial charge in [-0.2, -0.15) is 0 Å². The van der Waals surface area contributed by atoms with Crippen LogP contribution in [0.1, 0.15) is 53.6 Å². The molecule has 1 fully saturated rings. The third-order valence-electron chi connectivity index (χ3n) is 4.77. The van der Waals surface area contributed by atoms with Crippen molar-refractivity contribution in [2.75, 3.05) is 20.8 Å². The zero-order valence-electron chi connectivity index (χ0n) is 14.9. The number of hydrogen-bond donors (Lipinski definition) is 0. The van der Waals surface area contributed by atoms with Crippen LogP contribution in [0.15, 0.2) is 40.8 Å². The van der Waals surface area contributed by atoms with Gasteiger partial charge in [-0.15, -0.1) is 0 Å². The van der Waals surface area contributed by atoms with E-state index in [-0.39, 0.29) is 5.76 Å². The lowest BCUT2D eigenvalue weighted by Gasteiger charge is -2.29. The molecule has 0 unspecified atom stereocenters. The number of furan rings is 1. The second-order valence-corrected chi connectivity index (χ2v) is 6.37. The summed E-state index contributed by atoms with van der Waals surface area (Å²) in [6.45, 7) is 1.71. The molecule has 1 aliphatic heterocycles. The number of esters is 1. The zero-order valence-corrected chi connectivity index (χ0v) is 14.9. The number of rotatable bonds is 5. The van der Waals surface area contributed by atoms with Crippen LogP contribution in [0.5, 0.6) is 5.75 Å². The third-order valence-corrected chi connectivity index (χ3v) is 4.77. The van der Waals surface area contributed by atoms with Crippen molar-refractivity contribution in [3.8, 4) is 5.75 Å². The Morgan fingerprint density at radius 1 is 1.12 bits per heavy atom. The third kappa shape index (κ3) is 4.23. The van der Waals surface area contributed by atoms with Gasteiger partial charge in [-0.1, -0.05) is 25.0 Å². The van der Waals surface area contributed by atoms with Crippen LogP contribution in [-0.2, 0) is 11.3 Å². The van der Waals surface area contributed by atoms with E-state index in [4.69, 9.17) is 13.9 Å². The molecule has 3 rings (SSSR count). The standard InChI is InChI=1S/C20H25NO4/c1-23-16-9-7-15(8-10-16)18-6-4-3-5-13-21(18)14-17-11-12-19(25-17)20(22)24-2/h7-12,18H,3-6,13-14H2,1-2H3/t18-/m0/s1. The molecule has 1 saturated heterocycles. The minimum Gasteiger partial charge on any atom is -0.497 e. The van der Waals surface area contributed by atoms with Gasteiger partial charge in [0.15, 0.2) is 0 Å². The van der Waals surface area contributed by atoms with Gasteiger partial charge in [0.2, 0.25) is 5.76 Å². The van der Waals surface area contributed by atoms with Crippen LogP contribution < -0.4 is 4.74 Å². The molecule has 5 nitrogen and oxygen atoms in total. The van der Waals surface area contributed by atoms with Crippen molar-refractivity contribution >= 4 is 5.97 Å². The van der Waals surface area contributed by atoms with E-state index in [1.54, 1.807) is 13.2 Å². The lowest BCUT2D eigenvalue weighted by Crippen LogP contribution is -2.28. The van der Waals surface area contributed by atoms with Crippen LogP contribution in [-0.4, -0.2) is 31.6 Å². The molecule has 2 aromatic rings. The fraction of sp³-hybridized carbons (Fsp3) is 0.450. The molecular formula is C20H25NO4. The summed E-state index contributed by atoms with van der Waals surface area (Å²) in [7, 11) is 3.04. The van der Waals surface area contributed by atoms with Crippen LogP contribution in [0.2, 0.25) is 0 Å². The Labute approximate surface area is 148 Å². The fourth-order valence-electron chi connectivity index (χ4n) is 3.43. The molecule has 0 radical (unpaired) electrons. The molecule has 0 amide bonds. The smallest absolute Gasteiger partial charge is 0.373 e. The molecule has 134 valence electrons. The lowest BCUT2D eigenvalue weighted by molar-refractivity contribution is 0.0560. The first-order valence-electron chi connectivity index (χ1n) is 8.76. The number of methoxy groups -OCH3 is 2. The van der Waals surface area contributed by atoms with E-state index < -0.39 is 5.97 Å². The molecule has 0 aliphatic carbocycles. The van der Waals surface area contributed by atoms with Gasteiger partial charge >= 0.3 is 5.97 Å². The monoisotopic (exact) mass is 343 g/mol. The van der Waals surface area contributed by atoms with Gasteiger partial charge in [0.05, 0.1) is 20.8 Å². The Bertz CT molecular complexity index is 692. The maximum atomic E-state index is 11.6. The Kier molecular flexibility index (Phi) is 5.76. The van der Waals surface area contributed by atoms with Crippen molar-refractivity contribution in [2.24, 2.45) is 0 Å². The summed E-state index contributed by atoms with van der Waals surface area (Å²) in [6.07, 6.45) is 4.77. The fourth-order valence-corrected chi connectivity index (χ4v) is 3.43. The van der Waals surface area contributed by atoms with E-state index in [2.05, 4.69) is 17.0 Å². The highest BCUT2D eigenvalue weighted by Crippen LogP contribution is 2.32. The van der Waals surface area contributed by atoms with Gasteiger partial charge in [-0.3, -0.25) is 4.90 Å². The maximum Gasteiger partial charge on any atom is 0.373 e. The molecule has 2 heterocycles. The predicted octanol–water partition coefficient (Wildman–Crippen LogP) is 4.19. The number of carbonyl (C=O) groups is 1. The first-order chi connectivity index (χ1) is 12.2. The summed E-state index contributed by atoms with van der Waals surface area (Å²) in [6, 6.07) is 12.2. The summed E-state index contributed by atoms with van der Waals surface area (Å²) in [5.74, 6) is 1.49. The maximum absolute atomic E-state index is 11.6. The predicted molar refractivity (Wildman–Crippen MR) is 94.7 cm³/mol. The zero-order chi connectivity index (χ0) is 17.6. The van der Waals surface area contributed by atoms with Crippen molar-refractivity contribution < 1.29 is 18.7 Å². The molecule has 1 aromatic heterocycles. The Hall–Kier alpha value is -2.27. The minimum absolute atomic E-state index is 0.258. The number of hydrogen-bond acceptors (Lipinski definition) is 5. The summed E-state index contributed by atoms with van der Waals surface area (Å²) in [5, 5.41) is 0. The topological polar surface area (TPSA) is 51.9 Å². The summed E-state index contributed by atoms with van der Waals surface area (Å²) in [5.41, 5.74) is 1.29. The Balaban J connectivity index is 1.77. The molecule has 0 bridgehead atoms. The van der Waals surface area contributed by atoms with E-state index in [9.17, 15) is 4.79 Å². The molecule has 1 aromatic carbocycles. The number of benzene rings is 1. The summed E-state index contributed by atoms with van der Waals surface area (Å²) < 4.78 is 15.6. The van der Waals surface area contributed by atoms with Crippen molar-refractivity contribution in [3.63, 3.8) is 0 Å². The highest BCUT2D eigenvalue weighted by atomic mass is 16.5. The molecule has 5 heteroatoms. The van der Waals surface area contributed by atoms with Crippen LogP contribution in [0.4, 0.5) is 0 Å². The van der Waals surface area contributed by atoms with Crippen molar-refractivity contribution in [2.45, 2.75) is 38.3 Å². The van der Waals surface area contributed by atoms with Gasteiger partial charge in [0.25, 0.3) is 0 Å². The molecule has 25 heavy (non-hydrogen) atoms. The Morgan fingerprint density at radius 3 is 2.64 bits per heavy atom. The van der Waals surface area contributed by atoms with Crippen molar-refractivity contribution in [3.05, 3.63) is 53.5 Å². The van der Waals surface area contributed by atoms with Gasteiger partial charge < -0.3 is 13.9 Å². The molecule has 0 spiro atoms. The Morgan fingerprint density at radius 2 is 1.92 bits per heavy atom. The lowest BCUT2D eigenvalue weighted by atomic mass is 10.0. The number of nitrogens with zero attached hydrogens (tertiary/aromatic N) is 1. The molecule has 1 aliphatic rings. The number of ether oxygens (including phenoxy) is 2. The van der Waals surface area contributed by atoms with Crippen LogP contribution in [0.25, 0.3) is 0 Å². The number of likely N-dealkylation sites (tertiary alicyclic amines) is 1. The van der Waals surface area contributed by atoms with E-state index in [1.165, 1.54) is 31.9 Å². The van der Waals surface area contributed by atoms with Gasteiger partial charge in [-0.05, 0) is 49.2 Å². The SMILES string of the molecule is COC(=O)c1ccc(CN2CCCCC[C@H]2c2ccc(OC)cc2)o1. The average molecular weight is 343 g/mol. The average Bonchev–Trinajstić information content (AvgIpc) is 3.00. The van der Waals surface area contributed by atoms with E-state index in [1.807, 2.05) is 18.2 Å². The van der Waals surface area contributed by atoms with E-state index in [0.717, 1.165) is 24.5 Å². The highest BCUT2D eigenvalue weighted by Gasteiger charge is 2.24. The first-order valence-corrected chi connectivity index (χ1v) is 8.76. The van der Waals surface area contributed by atoms with Crippen molar-refractivity contribution in [1.82, 2.24) is 4.90 Å². The molecule has 0 N–H and O–H groups in total. The van der Waals surface area contributed by atoms with Gasteiger partial charge in [0.1, 0.15) is 11.5 Å². The molecule has 1 atom stereocenters. The largest absolute Gasteiger partial charge is 0.497 e. The second kappa shape index (κ2) is 8.21. The number of carbonyl (C=O) groups excluding carboxylic acids is 1. The van der Waals surface area contributed by atoms with Gasteiger partial charge in [-0.25, -0.2) is 4.79 Å². The minimum atomic E-state index is -0.436. The van der Waals surface area contributed by atoms with Crippen LogP contribution in [0.3, 0.4) is 0 Å². The first kappa shape index (κ1) is 17.5. The normalized spacial score (nSPS) is 18.6. The van der Waals surface area contributed by atoms with E-state index in [0.29, 0.717) is 12.6 Å². The summed E-state index contributed by atoms with van der Waals surface area (Å²) in [4.78, 5) is 14.0. The molecular weight excluding hydrogens is 318 g/mol. The summed E-state index contributed by atoms with van der Waals surface area (Å²) >= 11 is 0. The quantitative estimate of drug-likeness (QED) is 0.762. The van der Waals surface area contributed by atoms with Crippen LogP contribution >= 0.6 is 0 Å². The second-order valence-electron chi connectivity index (χ2n) is 6.37. The molecule has 0 saturated carbocycles. The highest BCUT2D eigenvalue weighted by molar-refractivity contribution is 5.86. The van der Waals surface area contributed by atoms with Gasteiger partial charge in [0, 0.05) is 6.04 Å².